The zero-order valence-electron chi connectivity index (χ0n) is 17.7. The van der Waals surface area contributed by atoms with Gasteiger partial charge in [0.1, 0.15) is 11.3 Å². The molecule has 2 aliphatic carbocycles. The zero-order valence-corrected chi connectivity index (χ0v) is 17.7. The number of imidazole rings is 1. The highest BCUT2D eigenvalue weighted by Crippen LogP contribution is 2.36. The number of nitrogens with zero attached hydrogens (tertiary/aromatic N) is 5. The zero-order chi connectivity index (χ0) is 21.4. The number of benzene rings is 1. The lowest BCUT2D eigenvalue weighted by molar-refractivity contribution is 0.152. The van der Waals surface area contributed by atoms with Crippen molar-refractivity contribution in [1.29, 1.82) is 0 Å². The van der Waals surface area contributed by atoms with Gasteiger partial charge in [-0.05, 0) is 57.1 Å². The monoisotopic (exact) mass is 422 g/mol. The van der Waals surface area contributed by atoms with Gasteiger partial charge in [0.2, 0.25) is 5.95 Å². The van der Waals surface area contributed by atoms with Gasteiger partial charge >= 0.3 is 0 Å². The molecule has 2 fully saturated rings. The van der Waals surface area contributed by atoms with Crippen LogP contribution in [-0.2, 0) is 0 Å². The van der Waals surface area contributed by atoms with E-state index in [9.17, 15) is 9.50 Å². The molecule has 2 N–H and O–H groups in total. The molecule has 0 spiro atoms. The van der Waals surface area contributed by atoms with Crippen molar-refractivity contribution in [1.82, 2.24) is 19.5 Å². The molecule has 8 heteroatoms. The van der Waals surface area contributed by atoms with Crippen LogP contribution >= 0.6 is 0 Å². The molecule has 0 radical (unpaired) electrons. The second-order valence-corrected chi connectivity index (χ2v) is 8.59. The van der Waals surface area contributed by atoms with Gasteiger partial charge in [-0.1, -0.05) is 25.0 Å². The van der Waals surface area contributed by atoms with Crippen LogP contribution in [0.4, 0.5) is 22.0 Å². The molecule has 162 valence electrons. The Labute approximate surface area is 180 Å². The average Bonchev–Trinajstić information content (AvgIpc) is 3.39. The van der Waals surface area contributed by atoms with Crippen molar-refractivity contribution < 1.29 is 9.50 Å². The predicted molar refractivity (Wildman–Crippen MR) is 119 cm³/mol. The molecule has 0 atom stereocenters. The van der Waals surface area contributed by atoms with Crippen molar-refractivity contribution in [3.8, 4) is 0 Å². The molecule has 1 aromatic carbocycles. The van der Waals surface area contributed by atoms with Gasteiger partial charge in [-0.2, -0.15) is 4.98 Å². The van der Waals surface area contributed by atoms with Gasteiger partial charge in [-0.15, -0.1) is 0 Å². The van der Waals surface area contributed by atoms with Gasteiger partial charge in [-0.3, -0.25) is 4.57 Å². The number of hydrogen-bond donors (Lipinski definition) is 2. The SMILES string of the molecule is Cc1cccc(F)c1Nc1nc2cnc(N=C3CCC(O)CC3)nc2n1C1CCCC1. The predicted octanol–water partition coefficient (Wildman–Crippen LogP) is 5.14. The van der Waals surface area contributed by atoms with Crippen LogP contribution in [0.25, 0.3) is 11.2 Å². The Morgan fingerprint density at radius 2 is 1.90 bits per heavy atom. The highest BCUT2D eigenvalue weighted by Gasteiger charge is 2.25. The minimum Gasteiger partial charge on any atom is -0.393 e. The molecule has 2 aromatic heterocycles. The first-order valence-corrected chi connectivity index (χ1v) is 11.1. The number of aliphatic hydroxyl groups is 1. The van der Waals surface area contributed by atoms with Crippen LogP contribution in [0, 0.1) is 12.7 Å². The molecule has 0 saturated heterocycles. The van der Waals surface area contributed by atoms with Gasteiger partial charge in [0.05, 0.1) is 18.0 Å². The number of fused-ring (bicyclic) bond motifs is 1. The Kier molecular flexibility index (Phi) is 5.40. The van der Waals surface area contributed by atoms with E-state index in [1.54, 1.807) is 12.3 Å². The number of anilines is 2. The Hall–Kier alpha value is -2.87. The van der Waals surface area contributed by atoms with Gasteiger partial charge in [0, 0.05) is 11.8 Å². The highest BCUT2D eigenvalue weighted by molar-refractivity contribution is 5.87. The number of nitrogens with one attached hydrogen (secondary N) is 1. The number of aromatic nitrogens is 4. The van der Waals surface area contributed by atoms with E-state index in [-0.39, 0.29) is 18.0 Å². The van der Waals surface area contributed by atoms with Gasteiger partial charge in [0.25, 0.3) is 5.95 Å². The minimum absolute atomic E-state index is 0.235. The summed E-state index contributed by atoms with van der Waals surface area (Å²) in [5.41, 5.74) is 3.69. The molecule has 2 saturated carbocycles. The summed E-state index contributed by atoms with van der Waals surface area (Å²) >= 11 is 0. The summed E-state index contributed by atoms with van der Waals surface area (Å²) < 4.78 is 16.6. The second kappa shape index (κ2) is 8.34. The number of aliphatic imine (C=N–C) groups is 1. The van der Waals surface area contributed by atoms with Gasteiger partial charge < -0.3 is 10.4 Å². The smallest absolute Gasteiger partial charge is 0.251 e. The van der Waals surface area contributed by atoms with Crippen molar-refractivity contribution in [2.75, 3.05) is 5.32 Å². The van der Waals surface area contributed by atoms with Gasteiger partial charge in [0.15, 0.2) is 5.65 Å². The van der Waals surface area contributed by atoms with E-state index >= 15 is 0 Å². The van der Waals surface area contributed by atoms with Crippen molar-refractivity contribution >= 4 is 34.5 Å². The lowest BCUT2D eigenvalue weighted by Crippen LogP contribution is -2.17. The third-order valence-corrected chi connectivity index (χ3v) is 6.36. The maximum absolute atomic E-state index is 14.5. The Morgan fingerprint density at radius 1 is 1.13 bits per heavy atom. The molecule has 2 aliphatic rings. The first-order chi connectivity index (χ1) is 15.1. The molecule has 0 unspecified atom stereocenters. The van der Waals surface area contributed by atoms with Crippen LogP contribution in [0.5, 0.6) is 0 Å². The van der Waals surface area contributed by atoms with Gasteiger partial charge in [-0.25, -0.2) is 19.4 Å². The van der Waals surface area contributed by atoms with Crippen LogP contribution < -0.4 is 5.32 Å². The third-order valence-electron chi connectivity index (χ3n) is 6.36. The van der Waals surface area contributed by atoms with Crippen LogP contribution in [0.3, 0.4) is 0 Å². The maximum Gasteiger partial charge on any atom is 0.251 e. The molecule has 31 heavy (non-hydrogen) atoms. The molecule has 2 heterocycles. The van der Waals surface area contributed by atoms with Crippen molar-refractivity contribution in [3.05, 3.63) is 35.8 Å². The quantitative estimate of drug-likeness (QED) is 0.608. The number of aryl methyl sites for hydroxylation is 1. The molecule has 5 rings (SSSR count). The fraction of sp³-hybridized carbons (Fsp3) is 0.478. The first-order valence-electron chi connectivity index (χ1n) is 11.1. The standard InChI is InChI=1S/C23H27FN6O/c1-14-5-4-8-18(24)20(14)28-23-27-19-13-25-22(26-15-9-11-17(31)12-10-15)29-21(19)30(23)16-6-2-3-7-16/h4-5,8,13,16-17,31H,2-3,6-7,9-12H2,1H3,(H,27,28). The molecule has 0 aliphatic heterocycles. The number of halogens is 1. The van der Waals surface area contributed by atoms with Crippen molar-refractivity contribution in [3.63, 3.8) is 0 Å². The normalized spacial score (nSPS) is 19.8. The van der Waals surface area contributed by atoms with E-state index in [0.29, 0.717) is 23.1 Å². The average molecular weight is 423 g/mol. The third kappa shape index (κ3) is 4.04. The summed E-state index contributed by atoms with van der Waals surface area (Å²) in [5, 5.41) is 12.9. The van der Waals surface area contributed by atoms with Crippen LogP contribution in [0.1, 0.15) is 63.0 Å². The number of rotatable bonds is 4. The van der Waals surface area contributed by atoms with Crippen molar-refractivity contribution in [2.45, 2.75) is 70.4 Å². The molecule has 7 nitrogen and oxygen atoms in total. The fourth-order valence-electron chi connectivity index (χ4n) is 4.62. The van der Waals surface area contributed by atoms with E-state index in [1.807, 2.05) is 13.0 Å². The van der Waals surface area contributed by atoms with Crippen LogP contribution in [0.15, 0.2) is 29.4 Å². The van der Waals surface area contributed by atoms with E-state index in [0.717, 1.165) is 68.3 Å². The molecule has 0 bridgehead atoms. The van der Waals surface area contributed by atoms with E-state index < -0.39 is 0 Å². The van der Waals surface area contributed by atoms with Crippen molar-refractivity contribution in [2.24, 2.45) is 4.99 Å². The molecule has 3 aromatic rings. The number of para-hydroxylation sites is 1. The summed E-state index contributed by atoms with van der Waals surface area (Å²) in [6.07, 6.45) is 8.87. The Bertz CT molecular complexity index is 1100. The second-order valence-electron chi connectivity index (χ2n) is 8.59. The Morgan fingerprint density at radius 3 is 2.65 bits per heavy atom. The van der Waals surface area contributed by atoms with E-state index in [1.165, 1.54) is 6.07 Å². The topological polar surface area (TPSA) is 88.2 Å². The fourth-order valence-corrected chi connectivity index (χ4v) is 4.62. The highest BCUT2D eigenvalue weighted by atomic mass is 19.1. The summed E-state index contributed by atoms with van der Waals surface area (Å²) in [6, 6.07) is 5.30. The summed E-state index contributed by atoms with van der Waals surface area (Å²) in [5.74, 6) is 0.712. The number of aliphatic hydroxyl groups excluding tert-OH is 1. The van der Waals surface area contributed by atoms with E-state index in [2.05, 4.69) is 19.9 Å². The maximum atomic E-state index is 14.5. The van der Waals surface area contributed by atoms with Crippen LogP contribution in [0.2, 0.25) is 0 Å². The molecule has 0 amide bonds. The molecular formula is C23H27FN6O. The molecular weight excluding hydrogens is 395 g/mol. The lowest BCUT2D eigenvalue weighted by Gasteiger charge is -2.18. The Balaban J connectivity index is 1.56. The van der Waals surface area contributed by atoms with E-state index in [4.69, 9.17) is 9.97 Å². The van der Waals surface area contributed by atoms with Crippen LogP contribution in [-0.4, -0.2) is 36.4 Å². The summed E-state index contributed by atoms with van der Waals surface area (Å²) in [6.45, 7) is 1.88. The lowest BCUT2D eigenvalue weighted by atomic mass is 9.96. The summed E-state index contributed by atoms with van der Waals surface area (Å²) in [7, 11) is 0. The summed E-state index contributed by atoms with van der Waals surface area (Å²) in [4.78, 5) is 18.5. The largest absolute Gasteiger partial charge is 0.393 e. The first kappa shape index (κ1) is 20.1. The minimum atomic E-state index is -0.303. The number of hydrogen-bond acceptors (Lipinski definition) is 6.